The number of para-hydroxylation sites is 2. The van der Waals surface area contributed by atoms with Crippen LogP contribution in [-0.2, 0) is 24.9 Å². The molecule has 0 aliphatic rings. The van der Waals surface area contributed by atoms with Crippen LogP contribution in [0.4, 0.5) is 0 Å². The molecule has 6 heteroatoms. The third kappa shape index (κ3) is 2.70. The van der Waals surface area contributed by atoms with Gasteiger partial charge in [0.1, 0.15) is 6.29 Å². The third-order valence-corrected chi connectivity index (χ3v) is 5.24. The van der Waals surface area contributed by atoms with Crippen LogP contribution < -0.4 is 5.69 Å². The van der Waals surface area contributed by atoms with E-state index in [1.54, 1.807) is 9.13 Å². The predicted octanol–water partition coefficient (Wildman–Crippen LogP) is 3.69. The molecule has 0 amide bonds. The highest BCUT2D eigenvalue weighted by Gasteiger charge is 2.15. The summed E-state index contributed by atoms with van der Waals surface area (Å²) in [5.41, 5.74) is 3.85. The van der Waals surface area contributed by atoms with E-state index in [1.165, 1.54) is 0 Å². The molecule has 0 saturated heterocycles. The van der Waals surface area contributed by atoms with Crippen molar-refractivity contribution in [2.24, 2.45) is 7.05 Å². The standard InChI is InChI=1S/C20H18BrN3O2/c1-22-9-7-16-14(11-15(21)12-19(16)22)13-24-18-6-3-2-5-17(18)23(20(24)26)8-4-10-25/h2-3,5-7,9-12H,4,8,13H2,1H3. The second kappa shape index (κ2) is 6.61. The van der Waals surface area contributed by atoms with E-state index in [0.29, 0.717) is 19.5 Å². The molecule has 0 saturated carbocycles. The van der Waals surface area contributed by atoms with E-state index in [0.717, 1.165) is 38.3 Å². The van der Waals surface area contributed by atoms with Crippen LogP contribution in [-0.4, -0.2) is 20.0 Å². The number of aromatic nitrogens is 3. The zero-order valence-electron chi connectivity index (χ0n) is 14.4. The Labute approximate surface area is 158 Å². The Balaban J connectivity index is 1.90. The normalized spacial score (nSPS) is 11.5. The minimum atomic E-state index is -0.0860. The van der Waals surface area contributed by atoms with Crippen LogP contribution >= 0.6 is 15.9 Å². The number of nitrogens with zero attached hydrogens (tertiary/aromatic N) is 3. The van der Waals surface area contributed by atoms with Gasteiger partial charge in [-0.2, -0.15) is 0 Å². The van der Waals surface area contributed by atoms with Crippen LogP contribution in [0.1, 0.15) is 12.0 Å². The summed E-state index contributed by atoms with van der Waals surface area (Å²) < 4.78 is 6.53. The summed E-state index contributed by atoms with van der Waals surface area (Å²) in [6, 6.07) is 13.9. The lowest BCUT2D eigenvalue weighted by Crippen LogP contribution is -2.25. The Bertz CT molecular complexity index is 1180. The Kier molecular flexibility index (Phi) is 4.28. The lowest BCUT2D eigenvalue weighted by Gasteiger charge is -2.08. The lowest BCUT2D eigenvalue weighted by molar-refractivity contribution is -0.108. The summed E-state index contributed by atoms with van der Waals surface area (Å²) in [5.74, 6) is 0. The summed E-state index contributed by atoms with van der Waals surface area (Å²) in [7, 11) is 2.01. The first-order valence-corrected chi connectivity index (χ1v) is 9.24. The number of aryl methyl sites for hydroxylation is 2. The van der Waals surface area contributed by atoms with Crippen LogP contribution in [0.3, 0.4) is 0 Å². The smallest absolute Gasteiger partial charge is 0.329 e. The Morgan fingerprint density at radius 2 is 1.77 bits per heavy atom. The molecule has 2 aromatic carbocycles. The molecule has 132 valence electrons. The SMILES string of the molecule is Cn1ccc2c(Cn3c(=O)n(CCC=O)c4ccccc43)cc(Br)cc21. The van der Waals surface area contributed by atoms with Gasteiger partial charge in [-0.25, -0.2) is 4.79 Å². The molecule has 0 aliphatic heterocycles. The summed E-state index contributed by atoms with van der Waals surface area (Å²) >= 11 is 3.58. The number of carbonyl (C=O) groups excluding carboxylic acids is 1. The Morgan fingerprint density at radius 1 is 1.04 bits per heavy atom. The van der Waals surface area contributed by atoms with Gasteiger partial charge in [0, 0.05) is 41.6 Å². The van der Waals surface area contributed by atoms with Crippen molar-refractivity contribution < 1.29 is 4.79 Å². The number of carbonyl (C=O) groups is 1. The van der Waals surface area contributed by atoms with Crippen molar-refractivity contribution in [2.75, 3.05) is 0 Å². The van der Waals surface area contributed by atoms with Crippen LogP contribution in [0.15, 0.2) is 57.9 Å². The number of aldehydes is 1. The quantitative estimate of drug-likeness (QED) is 0.470. The third-order valence-electron chi connectivity index (χ3n) is 4.78. The topological polar surface area (TPSA) is 48.9 Å². The van der Waals surface area contributed by atoms with Gasteiger partial charge in [-0.3, -0.25) is 9.13 Å². The zero-order valence-corrected chi connectivity index (χ0v) is 15.9. The first-order chi connectivity index (χ1) is 12.6. The Hall–Kier alpha value is -2.60. The number of rotatable bonds is 5. The summed E-state index contributed by atoms with van der Waals surface area (Å²) in [6.45, 7) is 0.877. The van der Waals surface area contributed by atoms with Gasteiger partial charge in [-0.1, -0.05) is 28.1 Å². The molecule has 0 unspecified atom stereocenters. The van der Waals surface area contributed by atoms with Crippen molar-refractivity contribution in [3.8, 4) is 0 Å². The Morgan fingerprint density at radius 3 is 2.50 bits per heavy atom. The summed E-state index contributed by atoms with van der Waals surface area (Å²) in [6.07, 6.45) is 3.20. The first kappa shape index (κ1) is 16.8. The van der Waals surface area contributed by atoms with Gasteiger partial charge in [0.05, 0.1) is 17.6 Å². The fourth-order valence-corrected chi connectivity index (χ4v) is 4.03. The number of halogens is 1. The van der Waals surface area contributed by atoms with E-state index in [4.69, 9.17) is 0 Å². The van der Waals surface area contributed by atoms with Crippen molar-refractivity contribution in [3.63, 3.8) is 0 Å². The van der Waals surface area contributed by atoms with E-state index in [9.17, 15) is 9.59 Å². The van der Waals surface area contributed by atoms with E-state index in [-0.39, 0.29) is 5.69 Å². The molecule has 2 heterocycles. The first-order valence-electron chi connectivity index (χ1n) is 8.45. The molecule has 0 bridgehead atoms. The molecule has 0 fully saturated rings. The maximum absolute atomic E-state index is 13.0. The number of hydrogen-bond acceptors (Lipinski definition) is 2. The minimum absolute atomic E-state index is 0.0860. The van der Waals surface area contributed by atoms with Crippen molar-refractivity contribution >= 4 is 44.2 Å². The van der Waals surface area contributed by atoms with Gasteiger partial charge >= 0.3 is 5.69 Å². The van der Waals surface area contributed by atoms with E-state index in [2.05, 4.69) is 38.7 Å². The zero-order chi connectivity index (χ0) is 18.3. The van der Waals surface area contributed by atoms with Crippen molar-refractivity contribution in [1.82, 2.24) is 13.7 Å². The van der Waals surface area contributed by atoms with Crippen LogP contribution in [0, 0.1) is 0 Å². The number of imidazole rings is 1. The molecule has 0 aliphatic carbocycles. The average Bonchev–Trinajstić information content (AvgIpc) is 3.12. The molecule has 4 rings (SSSR count). The van der Waals surface area contributed by atoms with E-state index >= 15 is 0 Å². The van der Waals surface area contributed by atoms with Crippen molar-refractivity contribution in [2.45, 2.75) is 19.5 Å². The van der Waals surface area contributed by atoms with E-state index in [1.807, 2.05) is 37.5 Å². The van der Waals surface area contributed by atoms with Gasteiger partial charge in [0.15, 0.2) is 0 Å². The van der Waals surface area contributed by atoms with Crippen LogP contribution in [0.2, 0.25) is 0 Å². The highest BCUT2D eigenvalue weighted by molar-refractivity contribution is 9.10. The predicted molar refractivity (Wildman–Crippen MR) is 107 cm³/mol. The average molecular weight is 412 g/mol. The van der Waals surface area contributed by atoms with Crippen molar-refractivity contribution in [1.29, 1.82) is 0 Å². The molecule has 0 radical (unpaired) electrons. The molecular formula is C20H18BrN3O2. The largest absolute Gasteiger partial charge is 0.351 e. The second-order valence-corrected chi connectivity index (χ2v) is 7.30. The number of hydrogen-bond donors (Lipinski definition) is 0. The number of fused-ring (bicyclic) bond motifs is 2. The summed E-state index contributed by atoms with van der Waals surface area (Å²) in [5, 5.41) is 1.13. The minimum Gasteiger partial charge on any atom is -0.351 e. The molecular weight excluding hydrogens is 394 g/mol. The molecule has 0 atom stereocenters. The molecule has 4 aromatic rings. The van der Waals surface area contributed by atoms with Gasteiger partial charge in [0.25, 0.3) is 0 Å². The van der Waals surface area contributed by atoms with Crippen LogP contribution in [0.5, 0.6) is 0 Å². The molecule has 26 heavy (non-hydrogen) atoms. The number of benzene rings is 2. The van der Waals surface area contributed by atoms with Gasteiger partial charge in [0.2, 0.25) is 0 Å². The van der Waals surface area contributed by atoms with Gasteiger partial charge in [-0.15, -0.1) is 0 Å². The van der Waals surface area contributed by atoms with Gasteiger partial charge in [-0.05, 0) is 35.9 Å². The maximum Gasteiger partial charge on any atom is 0.329 e. The van der Waals surface area contributed by atoms with Crippen molar-refractivity contribution in [3.05, 3.63) is 69.2 Å². The van der Waals surface area contributed by atoms with Crippen LogP contribution in [0.25, 0.3) is 21.9 Å². The monoisotopic (exact) mass is 411 g/mol. The molecule has 0 N–H and O–H groups in total. The second-order valence-electron chi connectivity index (χ2n) is 6.39. The lowest BCUT2D eigenvalue weighted by atomic mass is 10.1. The molecule has 2 aromatic heterocycles. The fraction of sp³-hybridized carbons (Fsp3) is 0.200. The highest BCUT2D eigenvalue weighted by Crippen LogP contribution is 2.26. The summed E-state index contributed by atoms with van der Waals surface area (Å²) in [4.78, 5) is 23.8. The highest BCUT2D eigenvalue weighted by atomic mass is 79.9. The maximum atomic E-state index is 13.0. The van der Waals surface area contributed by atoms with Gasteiger partial charge < -0.3 is 9.36 Å². The molecule has 5 nitrogen and oxygen atoms in total. The van der Waals surface area contributed by atoms with E-state index < -0.39 is 0 Å². The fourth-order valence-electron chi connectivity index (χ4n) is 3.53. The molecule has 0 spiro atoms.